The zero-order chi connectivity index (χ0) is 30.5. The van der Waals surface area contributed by atoms with Crippen molar-refractivity contribution in [3.63, 3.8) is 0 Å². The Morgan fingerprint density at radius 2 is 1.13 bits per heavy atom. The van der Waals surface area contributed by atoms with Gasteiger partial charge in [-0.3, -0.25) is 0 Å². The molecule has 4 nitrogen and oxygen atoms in total. The van der Waals surface area contributed by atoms with Crippen LogP contribution in [0.15, 0.2) is 158 Å². The van der Waals surface area contributed by atoms with Gasteiger partial charge in [-0.2, -0.15) is 6.07 Å². The van der Waals surface area contributed by atoms with Crippen molar-refractivity contribution in [2.24, 2.45) is 0 Å². The molecule has 9 rings (SSSR count). The van der Waals surface area contributed by atoms with E-state index in [1.807, 2.05) is 42.7 Å². The monoisotopic (exact) mass is 781 g/mol. The minimum absolute atomic E-state index is 0. The molecule has 0 saturated heterocycles. The third-order valence-electron chi connectivity index (χ3n) is 8.62. The second kappa shape index (κ2) is 12.0. The van der Waals surface area contributed by atoms with Crippen LogP contribution in [0.2, 0.25) is 0 Å². The molecular formula is C42H26N4Pt. The Hall–Kier alpha value is -5.57. The van der Waals surface area contributed by atoms with Crippen LogP contribution in [0.25, 0.3) is 77.9 Å². The van der Waals surface area contributed by atoms with E-state index in [4.69, 9.17) is 4.98 Å². The molecule has 224 valence electrons. The first kappa shape index (κ1) is 28.9. The van der Waals surface area contributed by atoms with Crippen LogP contribution in [-0.2, 0) is 21.1 Å². The van der Waals surface area contributed by atoms with Gasteiger partial charge in [0.15, 0.2) is 0 Å². The summed E-state index contributed by atoms with van der Waals surface area (Å²) in [5, 5.41) is 3.42. The maximum Gasteiger partial charge on any atom is 2.00 e. The molecule has 0 radical (unpaired) electrons. The van der Waals surface area contributed by atoms with E-state index in [1.165, 1.54) is 5.39 Å². The molecular weight excluding hydrogens is 756 g/mol. The number of hydrogen-bond acceptors (Lipinski definition) is 2. The van der Waals surface area contributed by atoms with Crippen LogP contribution >= 0.6 is 0 Å². The standard InChI is InChI=1S/C42H26N4.Pt/c1-3-13-29(14-4-1)41-35-24-22-32(28-39(35)46(40-20-10-12-26-44-40)42(41)30-15-5-2-6-16-30)45-37-19-8-7-17-33(37)34-23-21-31(27-38(34)45)36-18-9-11-25-43-36;/h1-26H;/q-2;+2. The van der Waals surface area contributed by atoms with Crippen molar-refractivity contribution < 1.29 is 21.1 Å². The Balaban J connectivity index is 0.00000324. The summed E-state index contributed by atoms with van der Waals surface area (Å²) >= 11 is 0. The maximum atomic E-state index is 4.85. The molecule has 47 heavy (non-hydrogen) atoms. The van der Waals surface area contributed by atoms with E-state index in [0.717, 1.165) is 72.5 Å². The van der Waals surface area contributed by atoms with Gasteiger partial charge in [0.05, 0.1) is 0 Å². The second-order valence-electron chi connectivity index (χ2n) is 11.3. The van der Waals surface area contributed by atoms with Gasteiger partial charge in [-0.05, 0) is 57.6 Å². The second-order valence-corrected chi connectivity index (χ2v) is 11.3. The molecule has 0 aliphatic carbocycles. The number of fused-ring (bicyclic) bond motifs is 4. The summed E-state index contributed by atoms with van der Waals surface area (Å²) in [6.07, 6.45) is 3.67. The number of benzene rings is 5. The predicted octanol–water partition coefficient (Wildman–Crippen LogP) is 10.1. The van der Waals surface area contributed by atoms with Crippen LogP contribution < -0.4 is 0 Å². The van der Waals surface area contributed by atoms with Crippen molar-refractivity contribution in [1.82, 2.24) is 19.1 Å². The van der Waals surface area contributed by atoms with E-state index in [-0.39, 0.29) is 21.1 Å². The molecule has 0 bridgehead atoms. The van der Waals surface area contributed by atoms with E-state index in [0.29, 0.717) is 0 Å². The average molecular weight is 782 g/mol. The Kier molecular flexibility index (Phi) is 7.36. The summed E-state index contributed by atoms with van der Waals surface area (Å²) in [7, 11) is 0. The van der Waals surface area contributed by atoms with Crippen LogP contribution in [0.5, 0.6) is 0 Å². The van der Waals surface area contributed by atoms with Crippen molar-refractivity contribution in [2.45, 2.75) is 0 Å². The van der Waals surface area contributed by atoms with Gasteiger partial charge < -0.3 is 14.1 Å². The zero-order valence-electron chi connectivity index (χ0n) is 25.1. The van der Waals surface area contributed by atoms with Crippen LogP contribution in [0.1, 0.15) is 0 Å². The molecule has 5 aromatic carbocycles. The van der Waals surface area contributed by atoms with Crippen LogP contribution in [0, 0.1) is 12.1 Å². The molecule has 0 spiro atoms. The number of rotatable bonds is 5. The number of pyridine rings is 2. The summed E-state index contributed by atoms with van der Waals surface area (Å²) in [5.74, 6) is 0.841. The summed E-state index contributed by atoms with van der Waals surface area (Å²) in [5.41, 5.74) is 10.3. The van der Waals surface area contributed by atoms with E-state index in [2.05, 4.69) is 142 Å². The van der Waals surface area contributed by atoms with Gasteiger partial charge in [0.1, 0.15) is 5.82 Å². The molecule has 0 unspecified atom stereocenters. The first-order valence-electron chi connectivity index (χ1n) is 15.4. The van der Waals surface area contributed by atoms with E-state index >= 15 is 0 Å². The third kappa shape index (κ3) is 4.81. The SMILES string of the molecule is [Pt+2].[c-]1c(-n2c3[c-]c(-c4ccccn4)ccc3c3ccccc32)ccc2c(-c3ccccc3)c(-c3ccccc3)n(-c3ccccn3)c12. The smallest absolute Gasteiger partial charge is 0.352 e. The molecule has 0 N–H and O–H groups in total. The van der Waals surface area contributed by atoms with Crippen molar-refractivity contribution in [3.8, 4) is 45.1 Å². The normalized spacial score (nSPS) is 11.2. The fourth-order valence-electron chi connectivity index (χ4n) is 6.63. The summed E-state index contributed by atoms with van der Waals surface area (Å²) < 4.78 is 4.53. The van der Waals surface area contributed by atoms with Crippen molar-refractivity contribution >= 4 is 32.7 Å². The Bertz CT molecular complexity index is 2500. The minimum atomic E-state index is 0. The quantitative estimate of drug-likeness (QED) is 0.163. The fourth-order valence-corrected chi connectivity index (χ4v) is 6.63. The van der Waals surface area contributed by atoms with Crippen LogP contribution in [-0.4, -0.2) is 19.1 Å². The third-order valence-corrected chi connectivity index (χ3v) is 8.62. The minimum Gasteiger partial charge on any atom is -0.352 e. The molecule has 0 saturated carbocycles. The zero-order valence-corrected chi connectivity index (χ0v) is 27.4. The molecule has 0 amide bonds. The van der Waals surface area contributed by atoms with Gasteiger partial charge in [-0.15, -0.1) is 41.3 Å². The van der Waals surface area contributed by atoms with Gasteiger partial charge in [0.25, 0.3) is 0 Å². The predicted molar refractivity (Wildman–Crippen MR) is 187 cm³/mol. The summed E-state index contributed by atoms with van der Waals surface area (Å²) in [6.45, 7) is 0. The van der Waals surface area contributed by atoms with Crippen molar-refractivity contribution in [1.29, 1.82) is 0 Å². The maximum absolute atomic E-state index is 4.85. The topological polar surface area (TPSA) is 35.6 Å². The van der Waals surface area contributed by atoms with Crippen molar-refractivity contribution in [2.75, 3.05) is 0 Å². The van der Waals surface area contributed by atoms with E-state index in [1.54, 1.807) is 0 Å². The fraction of sp³-hybridized carbons (Fsp3) is 0. The van der Waals surface area contributed by atoms with Gasteiger partial charge >= 0.3 is 21.1 Å². The summed E-state index contributed by atoms with van der Waals surface area (Å²) in [4.78, 5) is 9.46. The molecule has 0 aliphatic rings. The van der Waals surface area contributed by atoms with E-state index in [9.17, 15) is 0 Å². The Morgan fingerprint density at radius 1 is 0.468 bits per heavy atom. The number of para-hydroxylation sites is 1. The molecule has 9 aromatic rings. The first-order valence-corrected chi connectivity index (χ1v) is 15.4. The van der Waals surface area contributed by atoms with Gasteiger partial charge in [0.2, 0.25) is 0 Å². The van der Waals surface area contributed by atoms with Crippen LogP contribution in [0.3, 0.4) is 0 Å². The summed E-state index contributed by atoms with van der Waals surface area (Å²) in [6, 6.07) is 58.1. The molecule has 4 aromatic heterocycles. The average Bonchev–Trinajstić information content (AvgIpc) is 3.65. The molecule has 0 atom stereocenters. The number of aromatic nitrogens is 4. The van der Waals surface area contributed by atoms with Gasteiger partial charge in [-0.25, -0.2) is 4.98 Å². The molecule has 0 aliphatic heterocycles. The Morgan fingerprint density at radius 3 is 1.87 bits per heavy atom. The van der Waals surface area contributed by atoms with Gasteiger partial charge in [0, 0.05) is 23.6 Å². The van der Waals surface area contributed by atoms with Gasteiger partial charge in [-0.1, -0.05) is 114 Å². The first-order chi connectivity index (χ1) is 22.8. The number of hydrogen-bond donors (Lipinski definition) is 0. The largest absolute Gasteiger partial charge is 2.00 e. The Labute approximate surface area is 286 Å². The molecule has 0 fully saturated rings. The van der Waals surface area contributed by atoms with E-state index < -0.39 is 0 Å². The van der Waals surface area contributed by atoms with Crippen molar-refractivity contribution in [3.05, 3.63) is 170 Å². The van der Waals surface area contributed by atoms with Crippen LogP contribution in [0.4, 0.5) is 0 Å². The molecule has 4 heterocycles. The molecule has 5 heteroatoms. The number of nitrogens with zero attached hydrogens (tertiary/aromatic N) is 4.